The number of benzene rings is 1. The Morgan fingerprint density at radius 2 is 1.90 bits per heavy atom. The highest BCUT2D eigenvalue weighted by Gasteiger charge is 2.18. The van der Waals surface area contributed by atoms with Gasteiger partial charge in [-0.2, -0.15) is 0 Å². The molecular weight excluding hydrogens is 254 g/mol. The molecule has 0 aromatic heterocycles. The summed E-state index contributed by atoms with van der Waals surface area (Å²) in [7, 11) is 0. The highest BCUT2D eigenvalue weighted by atomic mass is 16.5. The first kappa shape index (κ1) is 17.1. The smallest absolute Gasteiger partial charge is 0.0898 e. The zero-order valence-corrected chi connectivity index (χ0v) is 12.7. The van der Waals surface area contributed by atoms with Crippen LogP contribution < -0.4 is 5.32 Å². The Balaban J connectivity index is 2.37. The largest absolute Gasteiger partial charge is 0.394 e. The Hall–Kier alpha value is -0.940. The van der Waals surface area contributed by atoms with Gasteiger partial charge < -0.3 is 20.3 Å². The lowest BCUT2D eigenvalue weighted by Crippen LogP contribution is -2.47. The van der Waals surface area contributed by atoms with E-state index in [4.69, 9.17) is 9.84 Å². The third-order valence-corrected chi connectivity index (χ3v) is 3.24. The van der Waals surface area contributed by atoms with Gasteiger partial charge in [-0.3, -0.25) is 0 Å². The van der Waals surface area contributed by atoms with E-state index in [-0.39, 0.29) is 24.9 Å². The van der Waals surface area contributed by atoms with Crippen molar-refractivity contribution >= 4 is 0 Å². The van der Waals surface area contributed by atoms with Crippen molar-refractivity contribution in [3.05, 3.63) is 35.9 Å². The summed E-state index contributed by atoms with van der Waals surface area (Å²) in [6, 6.07) is 10.0. The molecule has 0 aliphatic heterocycles. The van der Waals surface area contributed by atoms with Crippen LogP contribution in [0.2, 0.25) is 0 Å². The molecule has 0 heterocycles. The van der Waals surface area contributed by atoms with Crippen LogP contribution in [0, 0.1) is 0 Å². The summed E-state index contributed by atoms with van der Waals surface area (Å²) in [4.78, 5) is 0. The van der Waals surface area contributed by atoms with Gasteiger partial charge in [0.25, 0.3) is 0 Å². The van der Waals surface area contributed by atoms with Crippen molar-refractivity contribution in [3.63, 3.8) is 0 Å². The molecule has 0 spiro atoms. The molecule has 0 aliphatic rings. The predicted molar refractivity (Wildman–Crippen MR) is 80.6 cm³/mol. The van der Waals surface area contributed by atoms with Crippen LogP contribution in [0.5, 0.6) is 0 Å². The fourth-order valence-electron chi connectivity index (χ4n) is 1.85. The summed E-state index contributed by atoms with van der Waals surface area (Å²) < 4.78 is 5.79. The van der Waals surface area contributed by atoms with Crippen molar-refractivity contribution in [1.82, 2.24) is 5.32 Å². The van der Waals surface area contributed by atoms with E-state index in [2.05, 4.69) is 12.2 Å². The fraction of sp³-hybridized carbons (Fsp3) is 0.625. The molecule has 0 bridgehead atoms. The van der Waals surface area contributed by atoms with Crippen molar-refractivity contribution in [2.75, 3.05) is 19.8 Å². The lowest BCUT2D eigenvalue weighted by molar-refractivity contribution is -0.0142. The number of aliphatic hydroxyl groups excluding tert-OH is 2. The molecule has 114 valence electrons. The molecule has 0 saturated heterocycles. The van der Waals surface area contributed by atoms with Gasteiger partial charge in [0.15, 0.2) is 0 Å². The predicted octanol–water partition coefficient (Wildman–Crippen LogP) is 1.88. The summed E-state index contributed by atoms with van der Waals surface area (Å²) in [6.45, 7) is 6.55. The van der Waals surface area contributed by atoms with Crippen molar-refractivity contribution in [3.8, 4) is 0 Å². The average molecular weight is 281 g/mol. The summed E-state index contributed by atoms with van der Waals surface area (Å²) >= 11 is 0. The molecule has 0 amide bonds. The molecule has 0 aliphatic carbocycles. The molecule has 3 N–H and O–H groups in total. The van der Waals surface area contributed by atoms with E-state index in [1.807, 2.05) is 44.2 Å². The molecule has 1 rings (SSSR count). The average Bonchev–Trinajstić information content (AvgIpc) is 2.47. The zero-order valence-electron chi connectivity index (χ0n) is 12.7. The number of β-amino-alcohol motifs (C(OH)–C–C–N with tert-alkyl or cyclic N) is 1. The second-order valence-corrected chi connectivity index (χ2v) is 5.72. The third kappa shape index (κ3) is 6.01. The molecule has 0 fully saturated rings. The lowest BCUT2D eigenvalue weighted by Gasteiger charge is -2.26. The maximum absolute atomic E-state index is 9.93. The number of nitrogens with one attached hydrogen (secondary N) is 1. The molecular formula is C16H27NO3. The summed E-state index contributed by atoms with van der Waals surface area (Å²) in [6.07, 6.45) is 0.294. The van der Waals surface area contributed by atoms with E-state index in [0.29, 0.717) is 6.54 Å². The van der Waals surface area contributed by atoms with E-state index in [1.54, 1.807) is 0 Å². The van der Waals surface area contributed by atoms with Gasteiger partial charge in [-0.25, -0.2) is 0 Å². The van der Waals surface area contributed by atoms with E-state index < -0.39 is 6.10 Å². The Morgan fingerprint density at radius 3 is 2.45 bits per heavy atom. The lowest BCUT2D eigenvalue weighted by atomic mass is 10.1. The summed E-state index contributed by atoms with van der Waals surface area (Å²) in [5, 5.41) is 22.2. The van der Waals surface area contributed by atoms with Crippen LogP contribution in [0.25, 0.3) is 0 Å². The van der Waals surface area contributed by atoms with Crippen molar-refractivity contribution in [1.29, 1.82) is 0 Å². The molecule has 20 heavy (non-hydrogen) atoms. The fourth-order valence-corrected chi connectivity index (χ4v) is 1.85. The second-order valence-electron chi connectivity index (χ2n) is 5.72. The van der Waals surface area contributed by atoms with E-state index in [1.165, 1.54) is 0 Å². The van der Waals surface area contributed by atoms with Crippen molar-refractivity contribution in [2.45, 2.75) is 44.9 Å². The minimum Gasteiger partial charge on any atom is -0.394 e. The molecule has 2 unspecified atom stereocenters. The maximum atomic E-state index is 9.93. The maximum Gasteiger partial charge on any atom is 0.0898 e. The second kappa shape index (κ2) is 8.37. The van der Waals surface area contributed by atoms with Crippen LogP contribution in [-0.4, -0.2) is 41.6 Å². The topological polar surface area (TPSA) is 61.7 Å². The number of ether oxygens (including phenoxy) is 1. The van der Waals surface area contributed by atoms with Gasteiger partial charge in [-0.1, -0.05) is 37.3 Å². The minimum absolute atomic E-state index is 0.0108. The van der Waals surface area contributed by atoms with Crippen molar-refractivity contribution < 1.29 is 14.9 Å². The van der Waals surface area contributed by atoms with E-state index >= 15 is 0 Å². The summed E-state index contributed by atoms with van der Waals surface area (Å²) in [5.74, 6) is 0. The standard InChI is InChI=1S/C16H27NO3/c1-4-15(13-8-6-5-7-9-13)20-11-14(19)10-17-16(2,3)12-18/h5-9,14-15,17-19H,4,10-12H2,1-3H3. The number of rotatable bonds is 9. The quantitative estimate of drug-likeness (QED) is 0.647. The monoisotopic (exact) mass is 281 g/mol. The van der Waals surface area contributed by atoms with Gasteiger partial charge in [-0.05, 0) is 25.8 Å². The third-order valence-electron chi connectivity index (χ3n) is 3.24. The van der Waals surface area contributed by atoms with Crippen LogP contribution in [0.15, 0.2) is 30.3 Å². The highest BCUT2D eigenvalue weighted by Crippen LogP contribution is 2.20. The zero-order chi connectivity index (χ0) is 15.0. The minimum atomic E-state index is -0.585. The van der Waals surface area contributed by atoms with Crippen LogP contribution in [-0.2, 0) is 4.74 Å². The van der Waals surface area contributed by atoms with Crippen LogP contribution in [0.1, 0.15) is 38.9 Å². The van der Waals surface area contributed by atoms with Gasteiger partial charge in [0, 0.05) is 12.1 Å². The Bertz CT molecular complexity index is 367. The highest BCUT2D eigenvalue weighted by molar-refractivity contribution is 5.17. The van der Waals surface area contributed by atoms with Crippen LogP contribution >= 0.6 is 0 Å². The Kier molecular flexibility index (Phi) is 7.16. The van der Waals surface area contributed by atoms with Gasteiger partial charge in [0.1, 0.15) is 0 Å². The Labute approximate surface area is 121 Å². The van der Waals surface area contributed by atoms with Crippen molar-refractivity contribution in [2.24, 2.45) is 0 Å². The molecule has 0 saturated carbocycles. The first-order chi connectivity index (χ1) is 9.48. The molecule has 1 aromatic rings. The van der Waals surface area contributed by atoms with Crippen LogP contribution in [0.3, 0.4) is 0 Å². The Morgan fingerprint density at radius 1 is 1.25 bits per heavy atom. The first-order valence-electron chi connectivity index (χ1n) is 7.19. The van der Waals surface area contributed by atoms with E-state index in [0.717, 1.165) is 12.0 Å². The molecule has 0 radical (unpaired) electrons. The molecule has 2 atom stereocenters. The first-order valence-corrected chi connectivity index (χ1v) is 7.19. The van der Waals surface area contributed by atoms with Gasteiger partial charge in [0.05, 0.1) is 25.4 Å². The SMILES string of the molecule is CCC(OCC(O)CNC(C)(C)CO)c1ccccc1. The summed E-state index contributed by atoms with van der Waals surface area (Å²) in [5.41, 5.74) is 0.746. The van der Waals surface area contributed by atoms with Gasteiger partial charge >= 0.3 is 0 Å². The normalized spacial score (nSPS) is 15.1. The van der Waals surface area contributed by atoms with E-state index in [9.17, 15) is 5.11 Å². The molecule has 1 aromatic carbocycles. The van der Waals surface area contributed by atoms with Gasteiger partial charge in [-0.15, -0.1) is 0 Å². The number of aliphatic hydroxyl groups is 2. The number of hydrogen-bond acceptors (Lipinski definition) is 4. The van der Waals surface area contributed by atoms with Gasteiger partial charge in [0.2, 0.25) is 0 Å². The molecule has 4 heteroatoms. The number of hydrogen-bond donors (Lipinski definition) is 3. The van der Waals surface area contributed by atoms with Crippen LogP contribution in [0.4, 0.5) is 0 Å². The molecule has 4 nitrogen and oxygen atoms in total.